The Hall–Kier alpha value is -0.610. The monoisotopic (exact) mass is 198 g/mol. The van der Waals surface area contributed by atoms with E-state index < -0.39 is 0 Å². The van der Waals surface area contributed by atoms with Crippen LogP contribution < -0.4 is 11.1 Å². The second-order valence-electron chi connectivity index (χ2n) is 4.36. The summed E-state index contributed by atoms with van der Waals surface area (Å²) in [7, 11) is 0. The topological polar surface area (TPSA) is 64.3 Å². The lowest BCUT2D eigenvalue weighted by molar-refractivity contribution is -0.125. The molecular formula is C10H18N2O2. The zero-order valence-corrected chi connectivity index (χ0v) is 8.42. The van der Waals surface area contributed by atoms with Crippen molar-refractivity contribution in [1.82, 2.24) is 5.32 Å². The maximum atomic E-state index is 11.6. The lowest BCUT2D eigenvalue weighted by Gasteiger charge is -2.37. The van der Waals surface area contributed by atoms with E-state index >= 15 is 0 Å². The number of ether oxygens (including phenoxy) is 1. The number of nitrogens with one attached hydrogen (secondary N) is 1. The van der Waals surface area contributed by atoms with Crippen molar-refractivity contribution in [3.8, 4) is 0 Å². The third kappa shape index (κ3) is 2.07. The lowest BCUT2D eigenvalue weighted by atomic mass is 9.90. The summed E-state index contributed by atoms with van der Waals surface area (Å²) in [6, 6.07) is 0. The van der Waals surface area contributed by atoms with E-state index in [-0.39, 0.29) is 17.4 Å². The van der Waals surface area contributed by atoms with E-state index in [1.807, 2.05) is 0 Å². The second-order valence-corrected chi connectivity index (χ2v) is 4.36. The molecule has 1 amide bonds. The summed E-state index contributed by atoms with van der Waals surface area (Å²) >= 11 is 0. The van der Waals surface area contributed by atoms with Crippen molar-refractivity contribution in [3.05, 3.63) is 0 Å². The van der Waals surface area contributed by atoms with Crippen LogP contribution in [-0.4, -0.2) is 31.2 Å². The fourth-order valence-electron chi connectivity index (χ4n) is 1.85. The number of hydrogen-bond acceptors (Lipinski definition) is 3. The molecule has 4 nitrogen and oxygen atoms in total. The van der Waals surface area contributed by atoms with Gasteiger partial charge in [0.1, 0.15) is 0 Å². The SMILES string of the molecule is NCC1(NC(=O)C2CC2)CCOCC1. The average Bonchev–Trinajstić information content (AvgIpc) is 3.02. The first-order valence-corrected chi connectivity index (χ1v) is 5.36. The Labute approximate surface area is 84.2 Å². The van der Waals surface area contributed by atoms with Crippen LogP contribution in [0.5, 0.6) is 0 Å². The molecule has 0 aromatic heterocycles. The van der Waals surface area contributed by atoms with E-state index in [1.165, 1.54) is 0 Å². The van der Waals surface area contributed by atoms with E-state index in [0.29, 0.717) is 19.8 Å². The molecular weight excluding hydrogens is 180 g/mol. The second kappa shape index (κ2) is 3.87. The molecule has 2 fully saturated rings. The van der Waals surface area contributed by atoms with Crippen LogP contribution >= 0.6 is 0 Å². The van der Waals surface area contributed by atoms with Crippen molar-refractivity contribution >= 4 is 5.91 Å². The van der Waals surface area contributed by atoms with Crippen LogP contribution in [0.3, 0.4) is 0 Å². The predicted molar refractivity (Wildman–Crippen MR) is 52.7 cm³/mol. The highest BCUT2D eigenvalue weighted by Crippen LogP contribution is 2.30. The van der Waals surface area contributed by atoms with Gasteiger partial charge in [0.2, 0.25) is 5.91 Å². The third-order valence-electron chi connectivity index (χ3n) is 3.18. The van der Waals surface area contributed by atoms with E-state index in [4.69, 9.17) is 10.5 Å². The van der Waals surface area contributed by atoms with Gasteiger partial charge in [-0.15, -0.1) is 0 Å². The molecule has 80 valence electrons. The van der Waals surface area contributed by atoms with Crippen LogP contribution in [0.1, 0.15) is 25.7 Å². The van der Waals surface area contributed by atoms with Crippen LogP contribution in [-0.2, 0) is 9.53 Å². The average molecular weight is 198 g/mol. The van der Waals surface area contributed by atoms with E-state index in [1.54, 1.807) is 0 Å². The van der Waals surface area contributed by atoms with Crippen LogP contribution in [0.15, 0.2) is 0 Å². The van der Waals surface area contributed by atoms with Crippen molar-refractivity contribution in [2.75, 3.05) is 19.8 Å². The minimum absolute atomic E-state index is 0.183. The van der Waals surface area contributed by atoms with Gasteiger partial charge in [-0.25, -0.2) is 0 Å². The minimum Gasteiger partial charge on any atom is -0.381 e. The summed E-state index contributed by atoms with van der Waals surface area (Å²) in [5, 5.41) is 3.10. The number of nitrogens with two attached hydrogens (primary N) is 1. The summed E-state index contributed by atoms with van der Waals surface area (Å²) in [4.78, 5) is 11.6. The molecule has 2 aliphatic rings. The first-order valence-electron chi connectivity index (χ1n) is 5.36. The Bertz CT molecular complexity index is 220. The maximum Gasteiger partial charge on any atom is 0.223 e. The Morgan fingerprint density at radius 2 is 2.07 bits per heavy atom. The summed E-state index contributed by atoms with van der Waals surface area (Å²) in [6.45, 7) is 1.94. The fourth-order valence-corrected chi connectivity index (χ4v) is 1.85. The molecule has 1 saturated heterocycles. The quantitative estimate of drug-likeness (QED) is 0.672. The fraction of sp³-hybridized carbons (Fsp3) is 0.900. The molecule has 4 heteroatoms. The zero-order valence-electron chi connectivity index (χ0n) is 8.42. The van der Waals surface area contributed by atoms with Crippen molar-refractivity contribution in [1.29, 1.82) is 0 Å². The van der Waals surface area contributed by atoms with E-state index in [0.717, 1.165) is 25.7 Å². The number of carbonyl (C=O) groups excluding carboxylic acids is 1. The Kier molecular flexibility index (Phi) is 2.74. The molecule has 0 aromatic carbocycles. The van der Waals surface area contributed by atoms with Crippen molar-refractivity contribution in [2.24, 2.45) is 11.7 Å². The molecule has 2 rings (SSSR count). The molecule has 3 N–H and O–H groups in total. The maximum absolute atomic E-state index is 11.6. The van der Waals surface area contributed by atoms with Gasteiger partial charge in [-0.3, -0.25) is 4.79 Å². The first-order chi connectivity index (χ1) is 6.76. The van der Waals surface area contributed by atoms with Crippen molar-refractivity contribution in [3.63, 3.8) is 0 Å². The Morgan fingerprint density at radius 3 is 2.57 bits per heavy atom. The van der Waals surface area contributed by atoms with Gasteiger partial charge in [-0.05, 0) is 25.7 Å². The molecule has 0 atom stereocenters. The van der Waals surface area contributed by atoms with E-state index in [2.05, 4.69) is 5.32 Å². The molecule has 1 heterocycles. The van der Waals surface area contributed by atoms with Crippen molar-refractivity contribution < 1.29 is 9.53 Å². The number of rotatable bonds is 3. The van der Waals surface area contributed by atoms with Crippen LogP contribution in [0.25, 0.3) is 0 Å². The van der Waals surface area contributed by atoms with Crippen LogP contribution in [0.4, 0.5) is 0 Å². The highest BCUT2D eigenvalue weighted by atomic mass is 16.5. The lowest BCUT2D eigenvalue weighted by Crippen LogP contribution is -2.57. The smallest absolute Gasteiger partial charge is 0.223 e. The molecule has 0 aromatic rings. The van der Waals surface area contributed by atoms with Gasteiger partial charge in [-0.1, -0.05) is 0 Å². The standard InChI is InChI=1S/C10H18N2O2/c11-7-10(3-5-14-6-4-10)12-9(13)8-1-2-8/h8H,1-7,11H2,(H,12,13). The molecule has 0 bridgehead atoms. The molecule has 14 heavy (non-hydrogen) atoms. The van der Waals surface area contributed by atoms with Gasteiger partial charge in [0.25, 0.3) is 0 Å². The Balaban J connectivity index is 1.92. The molecule has 0 unspecified atom stereocenters. The summed E-state index contributed by atoms with van der Waals surface area (Å²) in [5.41, 5.74) is 5.55. The van der Waals surface area contributed by atoms with Gasteiger partial charge in [0.05, 0.1) is 5.54 Å². The molecule has 1 aliphatic heterocycles. The van der Waals surface area contributed by atoms with E-state index in [9.17, 15) is 4.79 Å². The molecule has 0 radical (unpaired) electrons. The highest BCUT2D eigenvalue weighted by molar-refractivity contribution is 5.81. The van der Waals surface area contributed by atoms with Gasteiger partial charge < -0.3 is 15.8 Å². The number of amides is 1. The highest BCUT2D eigenvalue weighted by Gasteiger charge is 2.37. The number of carbonyl (C=O) groups is 1. The molecule has 0 spiro atoms. The number of hydrogen-bond donors (Lipinski definition) is 2. The minimum atomic E-state index is -0.183. The summed E-state index contributed by atoms with van der Waals surface area (Å²) < 4.78 is 5.28. The summed E-state index contributed by atoms with van der Waals surface area (Å²) in [5.74, 6) is 0.457. The Morgan fingerprint density at radius 1 is 1.43 bits per heavy atom. The van der Waals surface area contributed by atoms with Crippen LogP contribution in [0.2, 0.25) is 0 Å². The largest absolute Gasteiger partial charge is 0.381 e. The van der Waals surface area contributed by atoms with Gasteiger partial charge in [-0.2, -0.15) is 0 Å². The predicted octanol–water partition coefficient (Wildman–Crippen LogP) is 0.0205. The van der Waals surface area contributed by atoms with Gasteiger partial charge >= 0.3 is 0 Å². The first kappa shape index (κ1) is 9.93. The zero-order chi connectivity index (χ0) is 10.0. The van der Waals surface area contributed by atoms with Crippen LogP contribution in [0, 0.1) is 5.92 Å². The van der Waals surface area contributed by atoms with Gasteiger partial charge in [0.15, 0.2) is 0 Å². The third-order valence-corrected chi connectivity index (χ3v) is 3.18. The normalized spacial score (nSPS) is 25.8. The summed E-state index contributed by atoms with van der Waals surface area (Å²) in [6.07, 6.45) is 3.79. The molecule has 1 saturated carbocycles. The van der Waals surface area contributed by atoms with Gasteiger partial charge in [0, 0.05) is 25.7 Å². The van der Waals surface area contributed by atoms with Crippen molar-refractivity contribution in [2.45, 2.75) is 31.2 Å². The molecule has 1 aliphatic carbocycles.